The van der Waals surface area contributed by atoms with Crippen molar-refractivity contribution >= 4 is 23.4 Å². The van der Waals surface area contributed by atoms with Gasteiger partial charge in [0.25, 0.3) is 0 Å². The lowest BCUT2D eigenvalue weighted by atomic mass is 9.49. The van der Waals surface area contributed by atoms with Crippen LogP contribution >= 0.6 is 11.6 Å². The molecule has 0 radical (unpaired) electrons. The molecular weight excluding hydrogens is 300 g/mol. The molecule has 5 fully saturated rings. The smallest absolute Gasteiger partial charge is 0.235 e. The standard InChI is InChI=1S/C17H25ClN2O2/c1-19-13(21)17(2-3-17)14(22)20-10-15-5-11-4-12(6-15)8-16(18,7-11)9-15/h11-12H,2-10H2,1H3,(H,19,21)(H,20,22)/t11-,12-,15?,16?/m1/s1. The van der Waals surface area contributed by atoms with Crippen LogP contribution in [0.4, 0.5) is 0 Å². The van der Waals surface area contributed by atoms with Gasteiger partial charge in [0.15, 0.2) is 0 Å². The molecule has 5 rings (SSSR count). The third-order valence-corrected chi connectivity index (χ3v) is 7.02. The fourth-order valence-corrected chi connectivity index (χ4v) is 6.62. The van der Waals surface area contributed by atoms with Gasteiger partial charge in [-0.05, 0) is 68.6 Å². The molecule has 122 valence electrons. The molecule has 0 aliphatic heterocycles. The Balaban J connectivity index is 1.44. The summed E-state index contributed by atoms with van der Waals surface area (Å²) in [5.41, 5.74) is -0.601. The van der Waals surface area contributed by atoms with Crippen molar-refractivity contribution in [1.82, 2.24) is 10.6 Å². The van der Waals surface area contributed by atoms with E-state index in [4.69, 9.17) is 11.6 Å². The number of alkyl halides is 1. The zero-order valence-corrected chi connectivity index (χ0v) is 14.0. The number of carbonyl (C=O) groups is 2. The number of nitrogens with one attached hydrogen (secondary N) is 2. The molecule has 2 N–H and O–H groups in total. The normalized spacial score (nSPS) is 43.7. The molecular formula is C17H25ClN2O2. The minimum Gasteiger partial charge on any atom is -0.358 e. The molecule has 2 amide bonds. The second-order valence-corrected chi connectivity index (χ2v) is 9.26. The summed E-state index contributed by atoms with van der Waals surface area (Å²) >= 11 is 6.83. The third-order valence-electron chi connectivity index (χ3n) is 6.58. The summed E-state index contributed by atoms with van der Waals surface area (Å²) in [6, 6.07) is 0. The number of hydrogen-bond acceptors (Lipinski definition) is 2. The lowest BCUT2D eigenvalue weighted by Gasteiger charge is -2.60. The van der Waals surface area contributed by atoms with Crippen LogP contribution in [0, 0.1) is 22.7 Å². The molecule has 0 heterocycles. The highest BCUT2D eigenvalue weighted by Gasteiger charge is 2.59. The molecule has 2 atom stereocenters. The van der Waals surface area contributed by atoms with Crippen LogP contribution in [-0.4, -0.2) is 30.3 Å². The summed E-state index contributed by atoms with van der Waals surface area (Å²) in [5.74, 6) is 1.27. The van der Waals surface area contributed by atoms with E-state index in [1.54, 1.807) is 7.05 Å². The first kappa shape index (κ1) is 14.8. The summed E-state index contributed by atoms with van der Waals surface area (Å²) in [4.78, 5) is 24.4. The van der Waals surface area contributed by atoms with E-state index in [1.165, 1.54) is 19.3 Å². The third kappa shape index (κ3) is 2.17. The van der Waals surface area contributed by atoms with Crippen LogP contribution in [0.1, 0.15) is 51.4 Å². The Kier molecular flexibility index (Phi) is 3.11. The van der Waals surface area contributed by atoms with Crippen molar-refractivity contribution in [2.45, 2.75) is 56.2 Å². The van der Waals surface area contributed by atoms with Crippen molar-refractivity contribution in [2.75, 3.05) is 13.6 Å². The van der Waals surface area contributed by atoms with Gasteiger partial charge in [0.2, 0.25) is 11.8 Å². The molecule has 5 heteroatoms. The van der Waals surface area contributed by atoms with Gasteiger partial charge in [0.1, 0.15) is 5.41 Å². The molecule has 4 bridgehead atoms. The van der Waals surface area contributed by atoms with Crippen molar-refractivity contribution in [2.24, 2.45) is 22.7 Å². The van der Waals surface area contributed by atoms with Gasteiger partial charge in [-0.2, -0.15) is 0 Å². The lowest BCUT2D eigenvalue weighted by Crippen LogP contribution is -2.57. The monoisotopic (exact) mass is 324 g/mol. The van der Waals surface area contributed by atoms with Crippen LogP contribution in [0.2, 0.25) is 0 Å². The second-order valence-electron chi connectivity index (χ2n) is 8.46. The SMILES string of the molecule is CNC(=O)C1(C(=O)NCC23C[C@H]4C[C@@H](CC(Cl)(C4)C2)C3)CC1. The zero-order valence-electron chi connectivity index (χ0n) is 13.2. The molecule has 22 heavy (non-hydrogen) atoms. The average Bonchev–Trinajstić information content (AvgIpc) is 3.23. The fraction of sp³-hybridized carbons (Fsp3) is 0.882. The van der Waals surface area contributed by atoms with E-state index < -0.39 is 5.41 Å². The van der Waals surface area contributed by atoms with Gasteiger partial charge in [-0.25, -0.2) is 0 Å². The Morgan fingerprint density at radius 1 is 1.09 bits per heavy atom. The van der Waals surface area contributed by atoms with Gasteiger partial charge in [-0.3, -0.25) is 9.59 Å². The van der Waals surface area contributed by atoms with Gasteiger partial charge in [0.05, 0.1) is 0 Å². The van der Waals surface area contributed by atoms with Gasteiger partial charge in [-0.1, -0.05) is 0 Å². The van der Waals surface area contributed by atoms with Crippen LogP contribution < -0.4 is 10.6 Å². The van der Waals surface area contributed by atoms with E-state index in [9.17, 15) is 9.59 Å². The topological polar surface area (TPSA) is 58.2 Å². The highest BCUT2D eigenvalue weighted by atomic mass is 35.5. The Labute approximate surface area is 136 Å². The first-order chi connectivity index (χ1) is 10.4. The van der Waals surface area contributed by atoms with Crippen LogP contribution in [0.15, 0.2) is 0 Å². The Morgan fingerprint density at radius 2 is 1.73 bits per heavy atom. The van der Waals surface area contributed by atoms with Crippen LogP contribution in [0.25, 0.3) is 0 Å². The quantitative estimate of drug-likeness (QED) is 0.615. The first-order valence-corrected chi connectivity index (χ1v) is 8.96. The van der Waals surface area contributed by atoms with E-state index in [0.29, 0.717) is 19.4 Å². The number of hydrogen-bond donors (Lipinski definition) is 2. The van der Waals surface area contributed by atoms with Gasteiger partial charge in [-0.15, -0.1) is 11.6 Å². The number of amides is 2. The van der Waals surface area contributed by atoms with Crippen LogP contribution in [0.3, 0.4) is 0 Å². The number of halogens is 1. The summed E-state index contributed by atoms with van der Waals surface area (Å²) in [6.45, 7) is 0.700. The number of carbonyl (C=O) groups excluding carboxylic acids is 2. The van der Waals surface area contributed by atoms with Gasteiger partial charge >= 0.3 is 0 Å². The van der Waals surface area contributed by atoms with E-state index >= 15 is 0 Å². The molecule has 0 aromatic carbocycles. The predicted molar refractivity (Wildman–Crippen MR) is 84.4 cm³/mol. The molecule has 0 saturated heterocycles. The van der Waals surface area contributed by atoms with E-state index in [1.807, 2.05) is 0 Å². The maximum Gasteiger partial charge on any atom is 0.235 e. The zero-order chi connectivity index (χ0) is 15.6. The van der Waals surface area contributed by atoms with Crippen LogP contribution in [0.5, 0.6) is 0 Å². The minimum atomic E-state index is -0.782. The molecule has 5 saturated carbocycles. The Hall–Kier alpha value is -0.770. The van der Waals surface area contributed by atoms with Crippen molar-refractivity contribution in [3.05, 3.63) is 0 Å². The van der Waals surface area contributed by atoms with Crippen molar-refractivity contribution in [3.8, 4) is 0 Å². The summed E-state index contributed by atoms with van der Waals surface area (Å²) < 4.78 is 0. The molecule has 4 nitrogen and oxygen atoms in total. The Morgan fingerprint density at radius 3 is 2.23 bits per heavy atom. The van der Waals surface area contributed by atoms with E-state index in [-0.39, 0.29) is 22.1 Å². The number of rotatable bonds is 4. The van der Waals surface area contributed by atoms with Gasteiger partial charge in [0, 0.05) is 18.5 Å². The highest BCUT2D eigenvalue weighted by molar-refractivity contribution is 6.24. The highest BCUT2D eigenvalue weighted by Crippen LogP contribution is 2.63. The molecule has 5 aliphatic rings. The molecule has 0 spiro atoms. The maximum atomic E-state index is 12.5. The van der Waals surface area contributed by atoms with Crippen molar-refractivity contribution in [3.63, 3.8) is 0 Å². The van der Waals surface area contributed by atoms with Crippen molar-refractivity contribution < 1.29 is 9.59 Å². The largest absolute Gasteiger partial charge is 0.358 e. The van der Waals surface area contributed by atoms with E-state index in [2.05, 4.69) is 10.6 Å². The molecule has 0 unspecified atom stereocenters. The summed E-state index contributed by atoms with van der Waals surface area (Å²) in [7, 11) is 1.60. The first-order valence-electron chi connectivity index (χ1n) is 8.58. The maximum absolute atomic E-state index is 12.5. The van der Waals surface area contributed by atoms with Crippen molar-refractivity contribution in [1.29, 1.82) is 0 Å². The average molecular weight is 325 g/mol. The fourth-order valence-electron chi connectivity index (χ4n) is 5.90. The van der Waals surface area contributed by atoms with Crippen LogP contribution in [-0.2, 0) is 9.59 Å². The second kappa shape index (κ2) is 4.62. The molecule has 0 aromatic heterocycles. The van der Waals surface area contributed by atoms with Gasteiger partial charge < -0.3 is 10.6 Å². The lowest BCUT2D eigenvalue weighted by molar-refractivity contribution is -0.138. The van der Waals surface area contributed by atoms with E-state index in [0.717, 1.165) is 31.1 Å². The summed E-state index contributed by atoms with van der Waals surface area (Å²) in [6.07, 6.45) is 8.42. The Bertz CT molecular complexity index is 515. The summed E-state index contributed by atoms with van der Waals surface area (Å²) in [5, 5.41) is 5.74. The minimum absolute atomic E-state index is 0.0210. The molecule has 5 aliphatic carbocycles. The molecule has 0 aromatic rings. The predicted octanol–water partition coefficient (Wildman–Crippen LogP) is 2.21.